The molecule has 5 heteroatoms. The first-order valence-corrected chi connectivity index (χ1v) is 10.6. The van der Waals surface area contributed by atoms with E-state index in [1.807, 2.05) is 109 Å². The molecule has 0 aliphatic heterocycles. The van der Waals surface area contributed by atoms with Crippen LogP contribution < -0.4 is 0 Å². The minimum Gasteiger partial charge on any atom is -0.295 e. The minimum atomic E-state index is 0. The van der Waals surface area contributed by atoms with Gasteiger partial charge < -0.3 is 0 Å². The van der Waals surface area contributed by atoms with Crippen molar-refractivity contribution in [3.63, 3.8) is 0 Å². The van der Waals surface area contributed by atoms with Crippen LogP contribution in [0.1, 0.15) is 37.5 Å². The summed E-state index contributed by atoms with van der Waals surface area (Å²) in [6.45, 7) is 4.62. The van der Waals surface area contributed by atoms with Gasteiger partial charge in [0.05, 0.1) is 0 Å². The van der Waals surface area contributed by atoms with Crippen molar-refractivity contribution in [3.05, 3.63) is 126 Å². The van der Waals surface area contributed by atoms with Crippen LogP contribution in [-0.2, 0) is 55.2 Å². The number of ketones is 3. The van der Waals surface area contributed by atoms with E-state index >= 15 is 0 Å². The Bertz CT molecular complexity index is 931. The first-order chi connectivity index (χ1) is 15.9. The Morgan fingerprint density at radius 3 is 0.800 bits per heavy atom. The fourth-order valence-electron chi connectivity index (χ4n) is 2.33. The van der Waals surface area contributed by atoms with Crippen molar-refractivity contribution in [2.75, 3.05) is 0 Å². The van der Waals surface area contributed by atoms with Gasteiger partial charge in [0, 0.05) is 40.8 Å². The van der Waals surface area contributed by atoms with E-state index in [4.69, 9.17) is 0 Å². The molecule has 0 saturated carbocycles. The Hall–Kier alpha value is -2.79. The van der Waals surface area contributed by atoms with Crippen molar-refractivity contribution < 1.29 is 55.2 Å². The van der Waals surface area contributed by atoms with Gasteiger partial charge in [-0.15, -0.1) is 0 Å². The monoisotopic (exact) mass is 650 g/mol. The van der Waals surface area contributed by atoms with Gasteiger partial charge in [-0.25, -0.2) is 0 Å². The van der Waals surface area contributed by atoms with Gasteiger partial charge in [0.1, 0.15) is 0 Å². The summed E-state index contributed by atoms with van der Waals surface area (Å²) < 4.78 is 0. The molecule has 188 valence electrons. The molecule has 0 radical (unpaired) electrons. The third kappa shape index (κ3) is 20.3. The van der Waals surface area contributed by atoms with E-state index in [1.54, 1.807) is 39.0 Å². The molecule has 0 saturated heterocycles. The Labute approximate surface area is 236 Å². The van der Waals surface area contributed by atoms with E-state index in [1.165, 1.54) is 0 Å². The summed E-state index contributed by atoms with van der Waals surface area (Å²) in [6, 6.07) is 29.3. The molecule has 3 aromatic rings. The van der Waals surface area contributed by atoms with Crippen molar-refractivity contribution >= 4 is 35.6 Å². The molecular weight excluding hydrogens is 621 g/mol. The van der Waals surface area contributed by atoms with Gasteiger partial charge in [-0.3, -0.25) is 14.4 Å². The quantitative estimate of drug-likeness (QED) is 0.216. The Balaban J connectivity index is 0. The van der Waals surface area contributed by atoms with Gasteiger partial charge in [-0.2, -0.15) is 0 Å². The van der Waals surface area contributed by atoms with Crippen LogP contribution in [0.5, 0.6) is 0 Å². The molecule has 0 fully saturated rings. The molecule has 0 spiro atoms. The van der Waals surface area contributed by atoms with Crippen LogP contribution in [-0.4, -0.2) is 17.3 Å². The SMILES string of the molecule is CC(=O)C=Cc1ccccc1.CC(=O)C=Cc1ccccc1.CC(=O)C=Cc1ccccc1.[Pd].[Pd]. The average molecular weight is 651 g/mol. The zero-order valence-electron chi connectivity index (χ0n) is 20.0. The zero-order valence-corrected chi connectivity index (χ0v) is 23.1. The minimum absolute atomic E-state index is 0. The van der Waals surface area contributed by atoms with Crippen LogP contribution in [0.3, 0.4) is 0 Å². The molecule has 35 heavy (non-hydrogen) atoms. The van der Waals surface area contributed by atoms with Gasteiger partial charge in [-0.05, 0) is 55.7 Å². The van der Waals surface area contributed by atoms with Crippen LogP contribution in [0.4, 0.5) is 0 Å². The van der Waals surface area contributed by atoms with Gasteiger partial charge >= 0.3 is 0 Å². The Kier molecular flexibility index (Phi) is 21.3. The molecule has 3 nitrogen and oxygen atoms in total. The maximum Gasteiger partial charge on any atom is 0.152 e. The van der Waals surface area contributed by atoms with Crippen LogP contribution in [0, 0.1) is 0 Å². The maximum atomic E-state index is 10.5. The van der Waals surface area contributed by atoms with Crippen LogP contribution >= 0.6 is 0 Å². The number of hydrogen-bond acceptors (Lipinski definition) is 3. The standard InChI is InChI=1S/3C10H10O.2Pd/c3*1-9(11)7-8-10-5-3-2-4-6-10;;/h3*2-8H,1H3;;. The van der Waals surface area contributed by atoms with Gasteiger partial charge in [0.15, 0.2) is 17.3 Å². The van der Waals surface area contributed by atoms with Crippen molar-refractivity contribution in [1.29, 1.82) is 0 Å². The van der Waals surface area contributed by atoms with Gasteiger partial charge in [0.2, 0.25) is 0 Å². The van der Waals surface area contributed by atoms with E-state index in [2.05, 4.69) is 0 Å². The third-order valence-corrected chi connectivity index (χ3v) is 3.93. The largest absolute Gasteiger partial charge is 0.295 e. The van der Waals surface area contributed by atoms with Crippen LogP contribution in [0.2, 0.25) is 0 Å². The second kappa shape index (κ2) is 21.7. The molecule has 0 aliphatic rings. The molecular formula is C30H30O3Pd2. The third-order valence-electron chi connectivity index (χ3n) is 3.93. The van der Waals surface area contributed by atoms with Crippen LogP contribution in [0.25, 0.3) is 18.2 Å². The van der Waals surface area contributed by atoms with E-state index in [9.17, 15) is 14.4 Å². The molecule has 3 rings (SSSR count). The summed E-state index contributed by atoms with van der Waals surface area (Å²) in [4.78, 5) is 31.6. The molecule has 3 aromatic carbocycles. The van der Waals surface area contributed by atoms with Gasteiger partial charge in [-0.1, -0.05) is 109 Å². The summed E-state index contributed by atoms with van der Waals surface area (Å²) in [5, 5.41) is 0. The number of allylic oxidation sites excluding steroid dienone is 3. The fourth-order valence-corrected chi connectivity index (χ4v) is 2.33. The smallest absolute Gasteiger partial charge is 0.152 e. The van der Waals surface area contributed by atoms with Crippen molar-refractivity contribution in [2.24, 2.45) is 0 Å². The first kappa shape index (κ1) is 34.4. The van der Waals surface area contributed by atoms with E-state index in [-0.39, 0.29) is 58.2 Å². The molecule has 0 atom stereocenters. The van der Waals surface area contributed by atoms with Crippen molar-refractivity contribution in [1.82, 2.24) is 0 Å². The van der Waals surface area contributed by atoms with E-state index in [0.29, 0.717) is 0 Å². The molecule has 0 unspecified atom stereocenters. The number of benzene rings is 3. The van der Waals surface area contributed by atoms with Crippen LogP contribution in [0.15, 0.2) is 109 Å². The summed E-state index contributed by atoms with van der Waals surface area (Å²) in [7, 11) is 0. The van der Waals surface area contributed by atoms with Gasteiger partial charge in [0.25, 0.3) is 0 Å². The van der Waals surface area contributed by atoms with E-state index in [0.717, 1.165) is 16.7 Å². The number of carbonyl (C=O) groups is 3. The summed E-state index contributed by atoms with van der Waals surface area (Å²) in [6.07, 6.45) is 10.1. The number of rotatable bonds is 6. The molecule has 0 bridgehead atoms. The molecule has 0 amide bonds. The first-order valence-electron chi connectivity index (χ1n) is 10.6. The Morgan fingerprint density at radius 2 is 0.629 bits per heavy atom. The maximum absolute atomic E-state index is 10.5. The molecule has 0 aliphatic carbocycles. The predicted molar refractivity (Wildman–Crippen MR) is 138 cm³/mol. The van der Waals surface area contributed by atoms with E-state index < -0.39 is 0 Å². The molecule has 0 heterocycles. The number of carbonyl (C=O) groups excluding carboxylic acids is 3. The van der Waals surface area contributed by atoms with Crippen molar-refractivity contribution in [3.8, 4) is 0 Å². The Morgan fingerprint density at radius 1 is 0.429 bits per heavy atom. The summed E-state index contributed by atoms with van der Waals surface area (Å²) in [5.41, 5.74) is 3.17. The summed E-state index contributed by atoms with van der Waals surface area (Å²) in [5.74, 6) is 0.233. The number of hydrogen-bond donors (Lipinski definition) is 0. The molecule has 0 N–H and O–H groups in total. The normalized spacial score (nSPS) is 9.69. The second-order valence-electron chi connectivity index (χ2n) is 7.06. The molecule has 0 aromatic heterocycles. The fraction of sp³-hybridized carbons (Fsp3) is 0.100. The average Bonchev–Trinajstić information content (AvgIpc) is 2.83. The second-order valence-corrected chi connectivity index (χ2v) is 7.06. The zero-order chi connectivity index (χ0) is 24.3. The summed E-state index contributed by atoms with van der Waals surface area (Å²) >= 11 is 0. The predicted octanol–water partition coefficient (Wildman–Crippen LogP) is 6.86. The van der Waals surface area contributed by atoms with Crippen molar-refractivity contribution in [2.45, 2.75) is 20.8 Å². The topological polar surface area (TPSA) is 51.2 Å².